The normalized spacial score (nSPS) is 12.9. The lowest BCUT2D eigenvalue weighted by Gasteiger charge is -2.16. The number of carbonyl (C=O) groups excluding carboxylic acids is 1. The maximum atomic E-state index is 11.3. The highest BCUT2D eigenvalue weighted by molar-refractivity contribution is 5.84. The summed E-state index contributed by atoms with van der Waals surface area (Å²) in [5.41, 5.74) is 0. The molecular weight excluding hydrogens is 210 g/mol. The summed E-state index contributed by atoms with van der Waals surface area (Å²) in [6.45, 7) is 7.35. The minimum Gasteiger partial charge on any atom is -0.480 e. The lowest BCUT2D eigenvalue weighted by Crippen LogP contribution is -2.43. The fourth-order valence-electron chi connectivity index (χ4n) is 1.17. The van der Waals surface area contributed by atoms with Gasteiger partial charge in [0, 0.05) is 0 Å². The number of ether oxygens (including phenoxy) is 1. The SMILES string of the molecule is CC(C)C[C@H](NC(=O)COC(C)C)C(=O)O. The Kier molecular flexibility index (Phi) is 6.72. The third-order valence-corrected chi connectivity index (χ3v) is 1.89. The molecule has 16 heavy (non-hydrogen) atoms. The third kappa shape index (κ3) is 7.23. The van der Waals surface area contributed by atoms with Crippen molar-refractivity contribution < 1.29 is 19.4 Å². The van der Waals surface area contributed by atoms with E-state index in [9.17, 15) is 9.59 Å². The molecule has 5 heteroatoms. The third-order valence-electron chi connectivity index (χ3n) is 1.89. The van der Waals surface area contributed by atoms with Gasteiger partial charge in [0.25, 0.3) is 0 Å². The molecule has 94 valence electrons. The van der Waals surface area contributed by atoms with E-state index in [-0.39, 0.29) is 24.5 Å². The highest BCUT2D eigenvalue weighted by Crippen LogP contribution is 2.04. The van der Waals surface area contributed by atoms with Crippen LogP contribution in [0, 0.1) is 5.92 Å². The van der Waals surface area contributed by atoms with Gasteiger partial charge in [0.2, 0.25) is 5.91 Å². The van der Waals surface area contributed by atoms with Crippen LogP contribution in [-0.4, -0.2) is 35.7 Å². The summed E-state index contributed by atoms with van der Waals surface area (Å²) in [4.78, 5) is 22.2. The van der Waals surface area contributed by atoms with Crippen molar-refractivity contribution in [2.75, 3.05) is 6.61 Å². The molecule has 0 heterocycles. The van der Waals surface area contributed by atoms with Crippen molar-refractivity contribution in [2.45, 2.75) is 46.3 Å². The second-order valence-electron chi connectivity index (χ2n) is 4.45. The number of aliphatic carboxylic acids is 1. The Balaban J connectivity index is 4.08. The standard InChI is InChI=1S/C11H21NO4/c1-7(2)5-9(11(14)15)12-10(13)6-16-8(3)4/h7-9H,5-6H2,1-4H3,(H,12,13)(H,14,15)/t9-/m0/s1. The van der Waals surface area contributed by atoms with Gasteiger partial charge in [0.05, 0.1) is 6.10 Å². The molecule has 0 bridgehead atoms. The summed E-state index contributed by atoms with van der Waals surface area (Å²) in [6.07, 6.45) is 0.377. The molecule has 1 atom stereocenters. The minimum absolute atomic E-state index is 0.0425. The highest BCUT2D eigenvalue weighted by atomic mass is 16.5. The number of amides is 1. The summed E-state index contributed by atoms with van der Waals surface area (Å²) >= 11 is 0. The smallest absolute Gasteiger partial charge is 0.326 e. The fraction of sp³-hybridized carbons (Fsp3) is 0.818. The van der Waals surface area contributed by atoms with Crippen molar-refractivity contribution in [2.24, 2.45) is 5.92 Å². The van der Waals surface area contributed by atoms with Crippen molar-refractivity contribution in [1.29, 1.82) is 0 Å². The Hall–Kier alpha value is -1.10. The number of hydrogen-bond donors (Lipinski definition) is 2. The Morgan fingerprint density at radius 2 is 1.81 bits per heavy atom. The topological polar surface area (TPSA) is 75.6 Å². The first-order valence-corrected chi connectivity index (χ1v) is 5.46. The largest absolute Gasteiger partial charge is 0.480 e. The minimum atomic E-state index is -1.01. The van der Waals surface area contributed by atoms with Gasteiger partial charge < -0.3 is 15.2 Å². The van der Waals surface area contributed by atoms with Crippen LogP contribution < -0.4 is 5.32 Å². The van der Waals surface area contributed by atoms with Crippen LogP contribution in [0.4, 0.5) is 0 Å². The van der Waals surface area contributed by atoms with E-state index < -0.39 is 12.0 Å². The highest BCUT2D eigenvalue weighted by Gasteiger charge is 2.20. The summed E-state index contributed by atoms with van der Waals surface area (Å²) < 4.78 is 5.08. The molecule has 0 unspecified atom stereocenters. The molecule has 0 spiro atoms. The molecule has 0 aromatic carbocycles. The molecule has 0 aromatic heterocycles. The van der Waals surface area contributed by atoms with Gasteiger partial charge in [-0.3, -0.25) is 4.79 Å². The number of hydrogen-bond acceptors (Lipinski definition) is 3. The van der Waals surface area contributed by atoms with Gasteiger partial charge in [0.15, 0.2) is 0 Å². The Labute approximate surface area is 96.2 Å². The van der Waals surface area contributed by atoms with Crippen molar-refractivity contribution in [3.05, 3.63) is 0 Å². The number of carboxylic acids is 1. The van der Waals surface area contributed by atoms with E-state index in [1.54, 1.807) is 0 Å². The number of rotatable bonds is 7. The van der Waals surface area contributed by atoms with Crippen LogP contribution >= 0.6 is 0 Å². The molecule has 2 N–H and O–H groups in total. The van der Waals surface area contributed by atoms with Crippen molar-refractivity contribution in [1.82, 2.24) is 5.32 Å². The van der Waals surface area contributed by atoms with Crippen molar-refractivity contribution in [3.8, 4) is 0 Å². The zero-order valence-electron chi connectivity index (χ0n) is 10.3. The molecule has 5 nitrogen and oxygen atoms in total. The monoisotopic (exact) mass is 231 g/mol. The van der Waals surface area contributed by atoms with Crippen LogP contribution in [0.25, 0.3) is 0 Å². The van der Waals surface area contributed by atoms with Crippen LogP contribution in [-0.2, 0) is 14.3 Å². The van der Waals surface area contributed by atoms with Crippen LogP contribution in [0.15, 0.2) is 0 Å². The lowest BCUT2D eigenvalue weighted by molar-refractivity contribution is -0.143. The van der Waals surface area contributed by atoms with E-state index in [0.717, 1.165) is 0 Å². The molecule has 0 aliphatic carbocycles. The maximum absolute atomic E-state index is 11.3. The summed E-state index contributed by atoms with van der Waals surface area (Å²) in [5, 5.41) is 11.3. The average molecular weight is 231 g/mol. The number of carbonyl (C=O) groups is 2. The molecule has 0 aliphatic heterocycles. The summed E-state index contributed by atoms with van der Waals surface area (Å²) in [7, 11) is 0. The molecule has 1 amide bonds. The van der Waals surface area contributed by atoms with E-state index in [1.807, 2.05) is 27.7 Å². The van der Waals surface area contributed by atoms with E-state index in [1.165, 1.54) is 0 Å². The van der Waals surface area contributed by atoms with E-state index in [0.29, 0.717) is 6.42 Å². The Morgan fingerprint density at radius 3 is 2.19 bits per heavy atom. The van der Waals surface area contributed by atoms with Gasteiger partial charge in [0.1, 0.15) is 12.6 Å². The van der Waals surface area contributed by atoms with Crippen molar-refractivity contribution in [3.63, 3.8) is 0 Å². The zero-order valence-corrected chi connectivity index (χ0v) is 10.3. The second kappa shape index (κ2) is 7.22. The molecular formula is C11H21NO4. The predicted octanol–water partition coefficient (Wildman–Crippen LogP) is 1.03. The maximum Gasteiger partial charge on any atom is 0.326 e. The van der Waals surface area contributed by atoms with Gasteiger partial charge in [-0.2, -0.15) is 0 Å². The molecule has 0 fully saturated rings. The van der Waals surface area contributed by atoms with Crippen molar-refractivity contribution >= 4 is 11.9 Å². The molecule has 0 aliphatic rings. The number of nitrogens with one attached hydrogen (secondary N) is 1. The molecule has 0 aromatic rings. The lowest BCUT2D eigenvalue weighted by atomic mass is 10.0. The first-order chi connectivity index (χ1) is 7.32. The molecule has 0 saturated carbocycles. The van der Waals surface area contributed by atoms with E-state index in [4.69, 9.17) is 9.84 Å². The van der Waals surface area contributed by atoms with Gasteiger partial charge in [-0.05, 0) is 26.2 Å². The van der Waals surface area contributed by atoms with Crippen LogP contribution in [0.1, 0.15) is 34.1 Å². The van der Waals surface area contributed by atoms with Crippen LogP contribution in [0.3, 0.4) is 0 Å². The molecule has 0 rings (SSSR count). The number of carboxylic acid groups (broad SMARTS) is 1. The Morgan fingerprint density at radius 1 is 1.25 bits per heavy atom. The first kappa shape index (κ1) is 14.9. The average Bonchev–Trinajstić information content (AvgIpc) is 2.12. The van der Waals surface area contributed by atoms with Gasteiger partial charge in [-0.1, -0.05) is 13.8 Å². The predicted molar refractivity (Wildman–Crippen MR) is 60.1 cm³/mol. The van der Waals surface area contributed by atoms with E-state index >= 15 is 0 Å². The van der Waals surface area contributed by atoms with E-state index in [2.05, 4.69) is 5.32 Å². The quantitative estimate of drug-likeness (QED) is 0.686. The molecule has 0 saturated heterocycles. The van der Waals surface area contributed by atoms with Crippen LogP contribution in [0.5, 0.6) is 0 Å². The van der Waals surface area contributed by atoms with Gasteiger partial charge in [-0.15, -0.1) is 0 Å². The second-order valence-corrected chi connectivity index (χ2v) is 4.45. The summed E-state index contributed by atoms with van der Waals surface area (Å²) in [5.74, 6) is -1.18. The van der Waals surface area contributed by atoms with Gasteiger partial charge >= 0.3 is 5.97 Å². The fourth-order valence-corrected chi connectivity index (χ4v) is 1.17. The summed E-state index contributed by atoms with van der Waals surface area (Å²) in [6, 6.07) is -0.830. The zero-order chi connectivity index (χ0) is 12.7. The van der Waals surface area contributed by atoms with Gasteiger partial charge in [-0.25, -0.2) is 4.79 Å². The molecule has 0 radical (unpaired) electrons. The van der Waals surface area contributed by atoms with Crippen LogP contribution in [0.2, 0.25) is 0 Å². The first-order valence-electron chi connectivity index (χ1n) is 5.46. The Bertz CT molecular complexity index is 238.